The summed E-state index contributed by atoms with van der Waals surface area (Å²) in [4.78, 5) is 15.6. The van der Waals surface area contributed by atoms with Gasteiger partial charge in [0.15, 0.2) is 0 Å². The SMILES string of the molecule is CCc1nc2ccc(C(CC(=O)O)C3CC3)cc2s1. The van der Waals surface area contributed by atoms with E-state index in [0.717, 1.165) is 16.9 Å². The summed E-state index contributed by atoms with van der Waals surface area (Å²) in [6.07, 6.45) is 3.53. The van der Waals surface area contributed by atoms with Gasteiger partial charge in [0.2, 0.25) is 0 Å². The van der Waals surface area contributed by atoms with Crippen LogP contribution in [-0.2, 0) is 11.2 Å². The number of nitrogens with zero attached hydrogens (tertiary/aromatic N) is 1. The highest BCUT2D eigenvalue weighted by atomic mass is 32.1. The number of hydrogen-bond donors (Lipinski definition) is 1. The third kappa shape index (κ3) is 2.63. The highest BCUT2D eigenvalue weighted by Crippen LogP contribution is 2.45. The van der Waals surface area contributed by atoms with Gasteiger partial charge >= 0.3 is 5.97 Å². The lowest BCUT2D eigenvalue weighted by Crippen LogP contribution is -2.08. The lowest BCUT2D eigenvalue weighted by Gasteiger charge is -2.14. The number of aromatic nitrogens is 1. The van der Waals surface area contributed by atoms with Crippen LogP contribution in [0.25, 0.3) is 10.2 Å². The van der Waals surface area contributed by atoms with Crippen LogP contribution in [0.4, 0.5) is 0 Å². The Bertz CT molecular complexity index is 616. The summed E-state index contributed by atoms with van der Waals surface area (Å²) >= 11 is 1.72. The monoisotopic (exact) mass is 275 g/mol. The summed E-state index contributed by atoms with van der Waals surface area (Å²) in [5, 5.41) is 10.2. The molecule has 2 aromatic rings. The third-order valence-electron chi connectivity index (χ3n) is 3.77. The molecule has 3 rings (SSSR count). The van der Waals surface area contributed by atoms with Crippen LogP contribution < -0.4 is 0 Å². The van der Waals surface area contributed by atoms with Gasteiger partial charge < -0.3 is 5.11 Å². The molecule has 19 heavy (non-hydrogen) atoms. The third-order valence-corrected chi connectivity index (χ3v) is 4.94. The zero-order chi connectivity index (χ0) is 13.4. The Kier molecular flexibility index (Phi) is 3.27. The lowest BCUT2D eigenvalue weighted by atomic mass is 9.91. The van der Waals surface area contributed by atoms with Crippen LogP contribution in [-0.4, -0.2) is 16.1 Å². The number of fused-ring (bicyclic) bond motifs is 1. The van der Waals surface area contributed by atoms with E-state index in [9.17, 15) is 4.79 Å². The molecule has 3 nitrogen and oxygen atoms in total. The fourth-order valence-corrected chi connectivity index (χ4v) is 3.57. The normalized spacial score (nSPS) is 16.7. The van der Waals surface area contributed by atoms with E-state index in [1.807, 2.05) is 6.07 Å². The number of carbonyl (C=O) groups is 1. The van der Waals surface area contributed by atoms with E-state index in [2.05, 4.69) is 24.0 Å². The summed E-state index contributed by atoms with van der Waals surface area (Å²) in [6.45, 7) is 2.11. The molecule has 0 spiro atoms. The van der Waals surface area contributed by atoms with Crippen LogP contribution in [0.1, 0.15) is 42.7 Å². The Morgan fingerprint density at radius 1 is 1.53 bits per heavy atom. The molecule has 4 heteroatoms. The van der Waals surface area contributed by atoms with Gasteiger partial charge in [-0.25, -0.2) is 4.98 Å². The molecule has 1 aromatic carbocycles. The molecular weight excluding hydrogens is 258 g/mol. The molecule has 1 unspecified atom stereocenters. The Labute approximate surface area is 116 Å². The van der Waals surface area contributed by atoms with Crippen molar-refractivity contribution >= 4 is 27.5 Å². The molecule has 1 N–H and O–H groups in total. The minimum absolute atomic E-state index is 0.175. The van der Waals surface area contributed by atoms with E-state index in [4.69, 9.17) is 5.11 Å². The van der Waals surface area contributed by atoms with Gasteiger partial charge in [0.1, 0.15) is 0 Å². The van der Waals surface area contributed by atoms with Gasteiger partial charge in [-0.05, 0) is 48.8 Å². The largest absolute Gasteiger partial charge is 0.481 e. The maximum absolute atomic E-state index is 11.0. The fraction of sp³-hybridized carbons (Fsp3) is 0.467. The van der Waals surface area contributed by atoms with Crippen molar-refractivity contribution in [1.82, 2.24) is 4.98 Å². The second-order valence-electron chi connectivity index (χ2n) is 5.23. The topological polar surface area (TPSA) is 50.2 Å². The molecule has 1 fully saturated rings. The molecule has 1 aliphatic carbocycles. The van der Waals surface area contributed by atoms with Crippen LogP contribution in [0.3, 0.4) is 0 Å². The zero-order valence-corrected chi connectivity index (χ0v) is 11.7. The molecule has 100 valence electrons. The van der Waals surface area contributed by atoms with Crippen LogP contribution >= 0.6 is 11.3 Å². The molecule has 1 aromatic heterocycles. The Hall–Kier alpha value is -1.42. The number of benzene rings is 1. The van der Waals surface area contributed by atoms with Gasteiger partial charge in [0, 0.05) is 0 Å². The van der Waals surface area contributed by atoms with Crippen molar-refractivity contribution in [1.29, 1.82) is 0 Å². The molecule has 1 heterocycles. The highest BCUT2D eigenvalue weighted by Gasteiger charge is 2.33. The van der Waals surface area contributed by atoms with Crippen molar-refractivity contribution in [2.75, 3.05) is 0 Å². The van der Waals surface area contributed by atoms with E-state index in [0.29, 0.717) is 5.92 Å². The number of hydrogen-bond acceptors (Lipinski definition) is 3. The minimum Gasteiger partial charge on any atom is -0.481 e. The van der Waals surface area contributed by atoms with Crippen LogP contribution in [0.5, 0.6) is 0 Å². The number of carboxylic acid groups (broad SMARTS) is 1. The van der Waals surface area contributed by atoms with Gasteiger partial charge in [-0.3, -0.25) is 4.79 Å². The maximum atomic E-state index is 11.0. The average Bonchev–Trinajstić information content (AvgIpc) is 3.14. The summed E-state index contributed by atoms with van der Waals surface area (Å²) in [7, 11) is 0. The molecule has 0 bridgehead atoms. The first kappa shape index (κ1) is 12.6. The van der Waals surface area contributed by atoms with Crippen LogP contribution in [0.2, 0.25) is 0 Å². The lowest BCUT2D eigenvalue weighted by molar-refractivity contribution is -0.137. The number of thiazole rings is 1. The van der Waals surface area contributed by atoms with Crippen molar-refractivity contribution in [2.45, 2.75) is 38.5 Å². The molecule has 1 saturated carbocycles. The molecule has 0 amide bonds. The summed E-state index contributed by atoms with van der Waals surface area (Å²) in [5.74, 6) is 0.0387. The van der Waals surface area contributed by atoms with Gasteiger partial charge in [0.25, 0.3) is 0 Å². The van der Waals surface area contributed by atoms with Gasteiger partial charge in [-0.1, -0.05) is 13.0 Å². The molecule has 1 atom stereocenters. The molecule has 0 saturated heterocycles. The first-order valence-corrected chi connectivity index (χ1v) is 7.60. The van der Waals surface area contributed by atoms with Crippen molar-refractivity contribution in [3.05, 3.63) is 28.8 Å². The number of aryl methyl sites for hydroxylation is 1. The predicted molar refractivity (Wildman–Crippen MR) is 76.7 cm³/mol. The Morgan fingerprint density at radius 2 is 2.32 bits per heavy atom. The van der Waals surface area contributed by atoms with E-state index in [-0.39, 0.29) is 12.3 Å². The van der Waals surface area contributed by atoms with E-state index < -0.39 is 5.97 Å². The first-order chi connectivity index (χ1) is 9.17. The van der Waals surface area contributed by atoms with Gasteiger partial charge in [-0.2, -0.15) is 0 Å². The van der Waals surface area contributed by atoms with E-state index >= 15 is 0 Å². The van der Waals surface area contributed by atoms with Crippen molar-refractivity contribution in [3.8, 4) is 0 Å². The van der Waals surface area contributed by atoms with Gasteiger partial charge in [-0.15, -0.1) is 11.3 Å². The summed E-state index contributed by atoms with van der Waals surface area (Å²) in [5.41, 5.74) is 2.21. The second kappa shape index (κ2) is 4.93. The van der Waals surface area contributed by atoms with Crippen molar-refractivity contribution in [2.24, 2.45) is 5.92 Å². The number of aliphatic carboxylic acids is 1. The van der Waals surface area contributed by atoms with Gasteiger partial charge in [0.05, 0.1) is 21.6 Å². The van der Waals surface area contributed by atoms with Crippen LogP contribution in [0, 0.1) is 5.92 Å². The molecule has 0 aliphatic heterocycles. The minimum atomic E-state index is -0.699. The van der Waals surface area contributed by atoms with Crippen LogP contribution in [0.15, 0.2) is 18.2 Å². The molecular formula is C15H17NO2S. The van der Waals surface area contributed by atoms with Crippen molar-refractivity contribution in [3.63, 3.8) is 0 Å². The first-order valence-electron chi connectivity index (χ1n) is 6.78. The molecule has 1 aliphatic rings. The maximum Gasteiger partial charge on any atom is 0.303 e. The Morgan fingerprint density at radius 3 is 2.95 bits per heavy atom. The molecule has 0 radical (unpaired) electrons. The van der Waals surface area contributed by atoms with Crippen molar-refractivity contribution < 1.29 is 9.90 Å². The van der Waals surface area contributed by atoms with E-state index in [1.54, 1.807) is 11.3 Å². The predicted octanol–water partition coefficient (Wildman–Crippen LogP) is 3.83. The quantitative estimate of drug-likeness (QED) is 0.902. The van der Waals surface area contributed by atoms with E-state index in [1.165, 1.54) is 23.1 Å². The standard InChI is InChI=1S/C15H17NO2S/c1-2-14-16-12-6-5-10(7-13(12)19-14)11(8-15(17)18)9-3-4-9/h5-7,9,11H,2-4,8H2,1H3,(H,17,18). The second-order valence-corrected chi connectivity index (χ2v) is 6.35. The smallest absolute Gasteiger partial charge is 0.303 e. The number of rotatable bonds is 5. The zero-order valence-electron chi connectivity index (χ0n) is 10.9. The average molecular weight is 275 g/mol. The Balaban J connectivity index is 1.95. The highest BCUT2D eigenvalue weighted by molar-refractivity contribution is 7.18. The summed E-state index contributed by atoms with van der Waals surface area (Å²) < 4.78 is 1.19. The fourth-order valence-electron chi connectivity index (χ4n) is 2.61. The number of carboxylic acids is 1. The summed E-state index contributed by atoms with van der Waals surface area (Å²) in [6, 6.07) is 6.25.